The molecule has 2 aromatic heterocycles. The Labute approximate surface area is 164 Å². The highest BCUT2D eigenvalue weighted by Gasteiger charge is 2.15. The summed E-state index contributed by atoms with van der Waals surface area (Å²) in [5, 5.41) is 15.8. The van der Waals surface area contributed by atoms with E-state index in [1.807, 2.05) is 48.7 Å². The van der Waals surface area contributed by atoms with Crippen molar-refractivity contribution in [3.63, 3.8) is 0 Å². The zero-order chi connectivity index (χ0) is 19.7. The third kappa shape index (κ3) is 3.63. The monoisotopic (exact) mass is 391 g/mol. The number of hydrogen-bond acceptors (Lipinski definition) is 5. The lowest BCUT2D eigenvalue weighted by molar-refractivity contribution is -0.114. The van der Waals surface area contributed by atoms with Crippen LogP contribution in [0.2, 0.25) is 0 Å². The lowest BCUT2D eigenvalue weighted by atomic mass is 10.1. The first-order chi connectivity index (χ1) is 13.5. The van der Waals surface area contributed by atoms with Crippen LogP contribution in [0.1, 0.15) is 22.8 Å². The number of rotatable bonds is 4. The number of nitrogens with zero attached hydrogens (tertiary/aromatic N) is 2. The van der Waals surface area contributed by atoms with Crippen LogP contribution in [0.15, 0.2) is 48.0 Å². The predicted molar refractivity (Wildman–Crippen MR) is 111 cm³/mol. The van der Waals surface area contributed by atoms with E-state index >= 15 is 0 Å². The molecule has 2 amide bonds. The van der Waals surface area contributed by atoms with Crippen LogP contribution in [0.4, 0.5) is 10.8 Å². The molecule has 0 aliphatic rings. The molecule has 0 saturated heterocycles. The fourth-order valence-electron chi connectivity index (χ4n) is 2.94. The molecule has 0 radical (unpaired) electrons. The van der Waals surface area contributed by atoms with E-state index in [1.54, 1.807) is 6.20 Å². The summed E-state index contributed by atoms with van der Waals surface area (Å²) in [4.78, 5) is 28.3. The molecule has 0 bridgehead atoms. The Balaban J connectivity index is 1.54. The molecular weight excluding hydrogens is 374 g/mol. The summed E-state index contributed by atoms with van der Waals surface area (Å²) in [6.45, 7) is 3.41. The summed E-state index contributed by atoms with van der Waals surface area (Å²) < 4.78 is 0. The number of aromatic amines is 1. The maximum atomic E-state index is 12.7. The molecule has 0 unspecified atom stereocenters. The molecule has 0 atom stereocenters. The van der Waals surface area contributed by atoms with Crippen molar-refractivity contribution in [1.29, 1.82) is 0 Å². The summed E-state index contributed by atoms with van der Waals surface area (Å²) >= 11 is 1.36. The largest absolute Gasteiger partial charge is 0.326 e. The number of amides is 2. The number of fused-ring (bicyclic) bond motifs is 1. The third-order valence-corrected chi connectivity index (χ3v) is 4.92. The number of anilines is 2. The topological polar surface area (TPSA) is 99.8 Å². The Hall–Kier alpha value is -3.52. The van der Waals surface area contributed by atoms with Crippen molar-refractivity contribution in [1.82, 2.24) is 15.2 Å². The van der Waals surface area contributed by atoms with E-state index in [-0.39, 0.29) is 11.8 Å². The minimum Gasteiger partial charge on any atom is -0.326 e. The first-order valence-electron chi connectivity index (χ1n) is 8.58. The summed E-state index contributed by atoms with van der Waals surface area (Å²) in [5.41, 5.74) is 4.60. The van der Waals surface area contributed by atoms with Crippen molar-refractivity contribution in [2.75, 3.05) is 10.6 Å². The predicted octanol–water partition coefficient (Wildman–Crippen LogP) is 4.21. The number of nitrogens with one attached hydrogen (secondary N) is 3. The number of H-pyrrole nitrogens is 1. The molecule has 140 valence electrons. The van der Waals surface area contributed by atoms with Crippen LogP contribution in [0.5, 0.6) is 0 Å². The van der Waals surface area contributed by atoms with Gasteiger partial charge in [-0.2, -0.15) is 5.10 Å². The molecule has 0 aliphatic carbocycles. The number of aromatic nitrogens is 3. The number of benzene rings is 2. The van der Waals surface area contributed by atoms with E-state index in [4.69, 9.17) is 0 Å². The smallest absolute Gasteiger partial charge is 0.259 e. The van der Waals surface area contributed by atoms with Gasteiger partial charge < -0.3 is 5.32 Å². The van der Waals surface area contributed by atoms with Crippen LogP contribution in [-0.2, 0) is 4.79 Å². The molecule has 28 heavy (non-hydrogen) atoms. The van der Waals surface area contributed by atoms with Gasteiger partial charge in [0.1, 0.15) is 0 Å². The van der Waals surface area contributed by atoms with E-state index in [2.05, 4.69) is 25.8 Å². The van der Waals surface area contributed by atoms with Crippen LogP contribution in [-0.4, -0.2) is 27.0 Å². The molecule has 3 N–H and O–H groups in total. The molecule has 0 saturated carbocycles. The van der Waals surface area contributed by atoms with Gasteiger partial charge in [0.15, 0.2) is 5.13 Å². The molecule has 4 aromatic rings. The van der Waals surface area contributed by atoms with Crippen LogP contribution in [0, 0.1) is 6.92 Å². The molecule has 2 heterocycles. The summed E-state index contributed by atoms with van der Waals surface area (Å²) in [7, 11) is 0. The third-order valence-electron chi connectivity index (χ3n) is 4.16. The number of carbonyl (C=O) groups excluding carboxylic acids is 2. The maximum Gasteiger partial charge on any atom is 0.259 e. The van der Waals surface area contributed by atoms with Crippen LogP contribution < -0.4 is 10.6 Å². The molecule has 0 spiro atoms. The van der Waals surface area contributed by atoms with E-state index in [0.717, 1.165) is 27.9 Å². The van der Waals surface area contributed by atoms with Crippen molar-refractivity contribution >= 4 is 44.9 Å². The highest BCUT2D eigenvalue weighted by Crippen LogP contribution is 2.27. The molecule has 7 nitrogen and oxygen atoms in total. The number of hydrogen-bond donors (Lipinski definition) is 3. The number of aryl methyl sites for hydroxylation is 1. The van der Waals surface area contributed by atoms with Gasteiger partial charge in [-0.1, -0.05) is 12.1 Å². The van der Waals surface area contributed by atoms with Gasteiger partial charge in [0.05, 0.1) is 23.0 Å². The van der Waals surface area contributed by atoms with Gasteiger partial charge in [0, 0.05) is 28.9 Å². The van der Waals surface area contributed by atoms with Crippen molar-refractivity contribution in [2.45, 2.75) is 13.8 Å². The molecule has 0 fully saturated rings. The second-order valence-electron chi connectivity index (χ2n) is 6.40. The molecule has 0 aliphatic heterocycles. The van der Waals surface area contributed by atoms with Gasteiger partial charge in [0.25, 0.3) is 5.91 Å². The Bertz CT molecular complexity index is 1180. The SMILES string of the molecule is CC(=O)Nc1ccc(-c2csc(NC(=O)c3cc(C)cc4cn[nH]c34)n2)cc1. The van der Waals surface area contributed by atoms with Gasteiger partial charge in [-0.05, 0) is 36.8 Å². The van der Waals surface area contributed by atoms with Crippen molar-refractivity contribution < 1.29 is 9.59 Å². The van der Waals surface area contributed by atoms with Gasteiger partial charge in [-0.3, -0.25) is 20.0 Å². The molecular formula is C20H17N5O2S. The number of thiazole rings is 1. The second-order valence-corrected chi connectivity index (χ2v) is 7.26. The summed E-state index contributed by atoms with van der Waals surface area (Å²) in [6.07, 6.45) is 1.70. The average molecular weight is 391 g/mol. The van der Waals surface area contributed by atoms with E-state index in [0.29, 0.717) is 16.2 Å². The number of carbonyl (C=O) groups is 2. The first-order valence-corrected chi connectivity index (χ1v) is 9.46. The molecule has 8 heteroatoms. The van der Waals surface area contributed by atoms with Crippen molar-refractivity contribution in [3.8, 4) is 11.3 Å². The van der Waals surface area contributed by atoms with Gasteiger partial charge >= 0.3 is 0 Å². The highest BCUT2D eigenvalue weighted by atomic mass is 32.1. The fourth-order valence-corrected chi connectivity index (χ4v) is 3.66. The molecule has 4 rings (SSSR count). The van der Waals surface area contributed by atoms with Crippen molar-refractivity contribution in [3.05, 3.63) is 59.1 Å². The van der Waals surface area contributed by atoms with E-state index in [1.165, 1.54) is 18.3 Å². The quantitative estimate of drug-likeness (QED) is 0.485. The van der Waals surface area contributed by atoms with Gasteiger partial charge in [-0.15, -0.1) is 11.3 Å². The Morgan fingerprint density at radius 3 is 2.64 bits per heavy atom. The van der Waals surface area contributed by atoms with Crippen molar-refractivity contribution in [2.24, 2.45) is 0 Å². The lowest BCUT2D eigenvalue weighted by Gasteiger charge is -2.05. The van der Waals surface area contributed by atoms with E-state index < -0.39 is 0 Å². The Morgan fingerprint density at radius 1 is 1.11 bits per heavy atom. The van der Waals surface area contributed by atoms with Crippen LogP contribution in [0.3, 0.4) is 0 Å². The highest BCUT2D eigenvalue weighted by molar-refractivity contribution is 7.14. The Morgan fingerprint density at radius 2 is 1.89 bits per heavy atom. The van der Waals surface area contributed by atoms with Gasteiger partial charge in [-0.25, -0.2) is 4.98 Å². The van der Waals surface area contributed by atoms with Gasteiger partial charge in [0.2, 0.25) is 5.91 Å². The Kier molecular flexibility index (Phi) is 4.62. The standard InChI is InChI=1S/C20H17N5O2S/c1-11-7-14-9-21-25-18(14)16(8-11)19(27)24-20-23-17(10-28-20)13-3-5-15(6-4-13)22-12(2)26/h3-10H,1-2H3,(H,21,25)(H,22,26)(H,23,24,27). The molecule has 2 aromatic carbocycles. The normalized spacial score (nSPS) is 10.8. The zero-order valence-corrected chi connectivity index (χ0v) is 16.1. The zero-order valence-electron chi connectivity index (χ0n) is 15.2. The van der Waals surface area contributed by atoms with Crippen LogP contribution in [0.25, 0.3) is 22.2 Å². The average Bonchev–Trinajstić information content (AvgIpc) is 3.30. The minimum absolute atomic E-state index is 0.117. The first kappa shape index (κ1) is 17.9. The van der Waals surface area contributed by atoms with Crippen LogP contribution >= 0.6 is 11.3 Å². The summed E-state index contributed by atoms with van der Waals surface area (Å²) in [6, 6.07) is 11.2. The lowest BCUT2D eigenvalue weighted by Crippen LogP contribution is -2.12. The maximum absolute atomic E-state index is 12.7. The minimum atomic E-state index is -0.236. The fraction of sp³-hybridized carbons (Fsp3) is 0.100. The second kappa shape index (κ2) is 7.24. The summed E-state index contributed by atoms with van der Waals surface area (Å²) in [5.74, 6) is -0.353. The van der Waals surface area contributed by atoms with E-state index in [9.17, 15) is 9.59 Å².